The molecule has 0 aromatic heterocycles. The van der Waals surface area contributed by atoms with Crippen LogP contribution in [-0.4, -0.2) is 30.8 Å². The van der Waals surface area contributed by atoms with Crippen molar-refractivity contribution in [2.75, 3.05) is 13.7 Å². The second kappa shape index (κ2) is 7.95. The average molecular weight is 316 g/mol. The van der Waals surface area contributed by atoms with Gasteiger partial charge in [0.2, 0.25) is 0 Å². The summed E-state index contributed by atoms with van der Waals surface area (Å²) >= 11 is 0. The van der Waals surface area contributed by atoms with E-state index < -0.39 is 11.9 Å². The van der Waals surface area contributed by atoms with E-state index in [0.29, 0.717) is 17.1 Å². The predicted molar refractivity (Wildman–Crippen MR) is 81.6 cm³/mol. The molecule has 0 aliphatic heterocycles. The number of carboxylic acid groups (broad SMARTS) is 1. The lowest BCUT2D eigenvalue weighted by Crippen LogP contribution is -2.06. The number of aliphatic carboxylic acids is 1. The second-order valence-electron chi connectivity index (χ2n) is 4.65. The topological polar surface area (TPSA) is 82.1 Å². The summed E-state index contributed by atoms with van der Waals surface area (Å²) in [7, 11) is 1.33. The Kier molecular flexibility index (Phi) is 5.71. The summed E-state index contributed by atoms with van der Waals surface area (Å²) in [5, 5.41) is 8.50. The highest BCUT2D eigenvalue weighted by molar-refractivity contribution is 5.89. The standard InChI is InChI=1S/C17H16O6/c1-21-17(20)13-4-8-15(9-5-13)23-14-6-2-12(3-7-14)10-22-11-16(18)19/h2-9H,10-11H2,1H3,(H,18,19). The van der Waals surface area contributed by atoms with E-state index in [2.05, 4.69) is 4.74 Å². The van der Waals surface area contributed by atoms with E-state index in [1.807, 2.05) is 0 Å². The van der Waals surface area contributed by atoms with Crippen molar-refractivity contribution in [2.45, 2.75) is 6.61 Å². The Morgan fingerprint density at radius 3 is 2.04 bits per heavy atom. The number of carbonyl (C=O) groups is 2. The first-order chi connectivity index (χ1) is 11.1. The fraction of sp³-hybridized carbons (Fsp3) is 0.176. The Hall–Kier alpha value is -2.86. The van der Waals surface area contributed by atoms with Crippen molar-refractivity contribution in [2.24, 2.45) is 0 Å². The van der Waals surface area contributed by atoms with Gasteiger partial charge in [0.15, 0.2) is 0 Å². The molecule has 120 valence electrons. The quantitative estimate of drug-likeness (QED) is 0.791. The number of ether oxygens (including phenoxy) is 3. The molecule has 2 aromatic rings. The number of hydrogen-bond donors (Lipinski definition) is 1. The average Bonchev–Trinajstić information content (AvgIpc) is 2.56. The number of carboxylic acids is 1. The first-order valence-electron chi connectivity index (χ1n) is 6.83. The van der Waals surface area contributed by atoms with Gasteiger partial charge >= 0.3 is 11.9 Å². The van der Waals surface area contributed by atoms with Gasteiger partial charge in [-0.1, -0.05) is 12.1 Å². The zero-order valence-electron chi connectivity index (χ0n) is 12.5. The van der Waals surface area contributed by atoms with Crippen molar-refractivity contribution in [3.63, 3.8) is 0 Å². The molecular formula is C17H16O6. The van der Waals surface area contributed by atoms with Gasteiger partial charge in [-0.25, -0.2) is 9.59 Å². The van der Waals surface area contributed by atoms with Crippen molar-refractivity contribution in [3.8, 4) is 11.5 Å². The van der Waals surface area contributed by atoms with Gasteiger partial charge in [0.1, 0.15) is 18.1 Å². The maximum atomic E-state index is 11.3. The smallest absolute Gasteiger partial charge is 0.337 e. The molecule has 0 unspecified atom stereocenters. The lowest BCUT2D eigenvalue weighted by molar-refractivity contribution is -0.142. The maximum absolute atomic E-state index is 11.3. The van der Waals surface area contributed by atoms with Crippen LogP contribution in [0.15, 0.2) is 48.5 Å². The van der Waals surface area contributed by atoms with Gasteiger partial charge in [-0.2, -0.15) is 0 Å². The van der Waals surface area contributed by atoms with Gasteiger partial charge in [-0.15, -0.1) is 0 Å². The summed E-state index contributed by atoms with van der Waals surface area (Å²) in [4.78, 5) is 21.7. The molecule has 0 spiro atoms. The van der Waals surface area contributed by atoms with Crippen LogP contribution in [0.3, 0.4) is 0 Å². The molecule has 0 saturated heterocycles. The van der Waals surface area contributed by atoms with Gasteiger partial charge in [0.25, 0.3) is 0 Å². The molecule has 0 saturated carbocycles. The molecule has 0 atom stereocenters. The Bertz CT molecular complexity index is 660. The maximum Gasteiger partial charge on any atom is 0.337 e. The van der Waals surface area contributed by atoms with E-state index in [1.165, 1.54) is 7.11 Å². The largest absolute Gasteiger partial charge is 0.480 e. The highest BCUT2D eigenvalue weighted by Gasteiger charge is 2.05. The highest BCUT2D eigenvalue weighted by atomic mass is 16.5. The molecule has 0 heterocycles. The van der Waals surface area contributed by atoms with Crippen LogP contribution in [0.2, 0.25) is 0 Å². The van der Waals surface area contributed by atoms with Gasteiger partial charge in [-0.05, 0) is 42.0 Å². The van der Waals surface area contributed by atoms with Crippen LogP contribution in [0.5, 0.6) is 11.5 Å². The van der Waals surface area contributed by atoms with E-state index in [9.17, 15) is 9.59 Å². The van der Waals surface area contributed by atoms with Crippen molar-refractivity contribution < 1.29 is 28.9 Å². The van der Waals surface area contributed by atoms with Crippen molar-refractivity contribution in [1.82, 2.24) is 0 Å². The molecule has 2 aromatic carbocycles. The predicted octanol–water partition coefficient (Wildman–Crippen LogP) is 2.87. The summed E-state index contributed by atoms with van der Waals surface area (Å²) < 4.78 is 15.3. The Labute approximate surface area is 133 Å². The van der Waals surface area contributed by atoms with E-state index in [1.54, 1.807) is 48.5 Å². The van der Waals surface area contributed by atoms with E-state index in [-0.39, 0.29) is 13.2 Å². The molecular weight excluding hydrogens is 300 g/mol. The van der Waals surface area contributed by atoms with Crippen LogP contribution in [0.25, 0.3) is 0 Å². The normalized spacial score (nSPS) is 10.1. The number of esters is 1. The third kappa shape index (κ3) is 5.12. The zero-order chi connectivity index (χ0) is 16.7. The van der Waals surface area contributed by atoms with Crippen LogP contribution < -0.4 is 4.74 Å². The van der Waals surface area contributed by atoms with Crippen LogP contribution >= 0.6 is 0 Å². The Balaban J connectivity index is 1.92. The molecule has 0 aliphatic carbocycles. The molecule has 1 N–H and O–H groups in total. The molecule has 0 bridgehead atoms. The van der Waals surface area contributed by atoms with Gasteiger partial charge in [-0.3, -0.25) is 0 Å². The molecule has 2 rings (SSSR count). The number of benzene rings is 2. The third-order valence-electron chi connectivity index (χ3n) is 2.93. The lowest BCUT2D eigenvalue weighted by Gasteiger charge is -2.07. The first-order valence-corrected chi connectivity index (χ1v) is 6.83. The second-order valence-corrected chi connectivity index (χ2v) is 4.65. The molecule has 0 aliphatic rings. The van der Waals surface area contributed by atoms with Crippen LogP contribution in [-0.2, 0) is 20.9 Å². The summed E-state index contributed by atoms with van der Waals surface area (Å²) in [5.74, 6) is -0.187. The molecule has 0 fully saturated rings. The molecule has 0 amide bonds. The van der Waals surface area contributed by atoms with Crippen molar-refractivity contribution in [1.29, 1.82) is 0 Å². The highest BCUT2D eigenvalue weighted by Crippen LogP contribution is 2.22. The van der Waals surface area contributed by atoms with Gasteiger partial charge in [0.05, 0.1) is 19.3 Å². The van der Waals surface area contributed by atoms with Crippen LogP contribution in [0, 0.1) is 0 Å². The molecule has 6 nitrogen and oxygen atoms in total. The fourth-order valence-corrected chi connectivity index (χ4v) is 1.82. The van der Waals surface area contributed by atoms with E-state index in [4.69, 9.17) is 14.6 Å². The third-order valence-corrected chi connectivity index (χ3v) is 2.93. The SMILES string of the molecule is COC(=O)c1ccc(Oc2ccc(COCC(=O)O)cc2)cc1. The zero-order valence-corrected chi connectivity index (χ0v) is 12.5. The monoisotopic (exact) mass is 316 g/mol. The minimum Gasteiger partial charge on any atom is -0.480 e. The Morgan fingerprint density at radius 1 is 0.957 bits per heavy atom. The number of rotatable bonds is 7. The molecule has 6 heteroatoms. The Morgan fingerprint density at radius 2 is 1.52 bits per heavy atom. The number of hydrogen-bond acceptors (Lipinski definition) is 5. The summed E-state index contributed by atoms with van der Waals surface area (Å²) in [6, 6.07) is 13.7. The van der Waals surface area contributed by atoms with E-state index >= 15 is 0 Å². The summed E-state index contributed by atoms with van der Waals surface area (Å²) in [6.07, 6.45) is 0. The number of carbonyl (C=O) groups excluding carboxylic acids is 1. The van der Waals surface area contributed by atoms with Crippen LogP contribution in [0.4, 0.5) is 0 Å². The summed E-state index contributed by atoms with van der Waals surface area (Å²) in [5.41, 5.74) is 1.30. The van der Waals surface area contributed by atoms with Gasteiger partial charge in [0, 0.05) is 0 Å². The minimum atomic E-state index is -1.000. The minimum absolute atomic E-state index is 0.223. The number of methoxy groups -OCH3 is 1. The molecule has 0 radical (unpaired) electrons. The van der Waals surface area contributed by atoms with Crippen molar-refractivity contribution >= 4 is 11.9 Å². The summed E-state index contributed by atoms with van der Waals surface area (Å²) in [6.45, 7) is -0.106. The van der Waals surface area contributed by atoms with Crippen molar-refractivity contribution in [3.05, 3.63) is 59.7 Å². The fourth-order valence-electron chi connectivity index (χ4n) is 1.82. The molecule has 23 heavy (non-hydrogen) atoms. The van der Waals surface area contributed by atoms with E-state index in [0.717, 1.165) is 5.56 Å². The lowest BCUT2D eigenvalue weighted by atomic mass is 10.2. The van der Waals surface area contributed by atoms with Crippen LogP contribution in [0.1, 0.15) is 15.9 Å². The van der Waals surface area contributed by atoms with Gasteiger partial charge < -0.3 is 19.3 Å². The first kappa shape index (κ1) is 16.5.